The fourth-order valence-electron chi connectivity index (χ4n) is 2.48. The maximum absolute atomic E-state index is 12.5. The topological polar surface area (TPSA) is 58.5 Å². The van der Waals surface area contributed by atoms with Gasteiger partial charge in [-0.3, -0.25) is 0 Å². The highest BCUT2D eigenvalue weighted by molar-refractivity contribution is 5.81. The number of nitrogens with zero attached hydrogens (tertiary/aromatic N) is 3. The second-order valence-corrected chi connectivity index (χ2v) is 5.95. The van der Waals surface area contributed by atoms with Crippen LogP contribution in [0.25, 0.3) is 22.2 Å². The van der Waals surface area contributed by atoms with Crippen molar-refractivity contribution in [2.75, 3.05) is 32.3 Å². The molecular weight excluding hydrogens is 321 g/mol. The van der Waals surface area contributed by atoms with E-state index in [1.807, 2.05) is 56.6 Å². The number of para-hydroxylation sites is 1. The van der Waals surface area contributed by atoms with E-state index in [0.717, 1.165) is 22.2 Å². The van der Waals surface area contributed by atoms with E-state index in [1.165, 1.54) is 0 Å². The van der Waals surface area contributed by atoms with Crippen molar-refractivity contribution < 1.29 is 14.2 Å². The number of alkyl halides is 1. The molecule has 1 aromatic carbocycles. The Morgan fingerprint density at radius 2 is 2.00 bits per heavy atom. The third-order valence-electron chi connectivity index (χ3n) is 3.76. The van der Waals surface area contributed by atoms with Crippen molar-refractivity contribution in [1.29, 1.82) is 0 Å². The molecule has 0 bridgehead atoms. The highest BCUT2D eigenvalue weighted by Gasteiger charge is 2.13. The van der Waals surface area contributed by atoms with Crippen LogP contribution in [0.4, 0.5) is 10.2 Å². The quantitative estimate of drug-likeness (QED) is 0.747. The largest absolute Gasteiger partial charge is 0.487 e. The van der Waals surface area contributed by atoms with Gasteiger partial charge in [0.1, 0.15) is 19.4 Å². The molecule has 3 rings (SSSR count). The van der Waals surface area contributed by atoms with Gasteiger partial charge in [-0.15, -0.1) is 0 Å². The molecule has 3 aromatic rings. The molecule has 6 heteroatoms. The Balaban J connectivity index is 1.97. The van der Waals surface area contributed by atoms with Gasteiger partial charge in [0.25, 0.3) is 0 Å². The first-order valence-electron chi connectivity index (χ1n) is 7.99. The molecule has 0 aliphatic carbocycles. The molecule has 1 N–H and O–H groups in total. The van der Waals surface area contributed by atoms with Gasteiger partial charge in [-0.2, -0.15) is 0 Å². The number of benzene rings is 1. The number of aromatic nitrogens is 2. The number of hydrogen-bond acceptors (Lipinski definition) is 5. The van der Waals surface area contributed by atoms with Crippen LogP contribution in [0.15, 0.2) is 48.7 Å². The smallest absolute Gasteiger partial charge is 0.170 e. The van der Waals surface area contributed by atoms with E-state index in [1.54, 1.807) is 11.1 Å². The highest BCUT2D eigenvalue weighted by Crippen LogP contribution is 2.30. The first kappa shape index (κ1) is 17.1. The lowest BCUT2D eigenvalue weighted by atomic mass is 10.1. The lowest BCUT2D eigenvalue weighted by Crippen LogP contribution is -2.21. The molecule has 2 heterocycles. The predicted molar refractivity (Wildman–Crippen MR) is 96.8 cm³/mol. The summed E-state index contributed by atoms with van der Waals surface area (Å²) in [4.78, 5) is 10.9. The molecule has 0 saturated heterocycles. The van der Waals surface area contributed by atoms with Crippen molar-refractivity contribution in [3.05, 3.63) is 48.7 Å². The normalized spacial score (nSPS) is 12.2. The van der Waals surface area contributed by atoms with Crippen molar-refractivity contribution in [2.24, 2.45) is 0 Å². The van der Waals surface area contributed by atoms with Crippen molar-refractivity contribution in [3.63, 3.8) is 0 Å². The average Bonchev–Trinajstić information content (AvgIpc) is 2.65. The molecule has 25 heavy (non-hydrogen) atoms. The Morgan fingerprint density at radius 1 is 1.20 bits per heavy atom. The number of fused-ring (bicyclic) bond motifs is 1. The van der Waals surface area contributed by atoms with Gasteiger partial charge in [0.15, 0.2) is 11.6 Å². The summed E-state index contributed by atoms with van der Waals surface area (Å²) in [6.07, 6.45) is 0.572. The molecule has 0 radical (unpaired) electrons. The summed E-state index contributed by atoms with van der Waals surface area (Å²) in [6.45, 7) is -0.982. The number of rotatable bonds is 6. The first-order valence-corrected chi connectivity index (χ1v) is 7.99. The third-order valence-corrected chi connectivity index (χ3v) is 3.76. The zero-order valence-electron chi connectivity index (χ0n) is 14.2. The molecule has 1 unspecified atom stereocenters. The number of pyridine rings is 2. The summed E-state index contributed by atoms with van der Waals surface area (Å²) in [5.41, 5.74) is 2.46. The zero-order valence-corrected chi connectivity index (χ0v) is 14.2. The van der Waals surface area contributed by atoms with Crippen LogP contribution >= 0.6 is 0 Å². The van der Waals surface area contributed by atoms with Gasteiger partial charge in [0.2, 0.25) is 0 Å². The molecule has 2 aromatic heterocycles. The number of halogens is 1. The van der Waals surface area contributed by atoms with Crippen LogP contribution in [0.1, 0.15) is 0 Å². The van der Waals surface area contributed by atoms with Gasteiger partial charge < -0.3 is 14.7 Å². The van der Waals surface area contributed by atoms with Crippen LogP contribution in [-0.2, 0) is 0 Å². The monoisotopic (exact) mass is 341 g/mol. The Kier molecular flexibility index (Phi) is 5.09. The molecule has 0 aliphatic rings. The first-order chi connectivity index (χ1) is 12.1. The molecule has 130 valence electrons. The van der Waals surface area contributed by atoms with Crippen LogP contribution in [-0.4, -0.2) is 48.6 Å². The van der Waals surface area contributed by atoms with Crippen LogP contribution < -0.4 is 9.64 Å². The Hall–Kier alpha value is -2.73. The standard InChI is InChI=1S/C19H20FN3O2/c1-23(2)19-18(25-12-15(24)10-20)9-14(11-21-19)17-8-7-13-5-3-4-6-16(13)22-17/h3-9,11,15,24H,10,12H2,1-2H3. The summed E-state index contributed by atoms with van der Waals surface area (Å²) in [6, 6.07) is 13.6. The highest BCUT2D eigenvalue weighted by atomic mass is 19.1. The van der Waals surface area contributed by atoms with E-state index < -0.39 is 12.8 Å². The molecule has 0 saturated carbocycles. The van der Waals surface area contributed by atoms with Crippen LogP contribution in [0.3, 0.4) is 0 Å². The fourth-order valence-corrected chi connectivity index (χ4v) is 2.48. The van der Waals surface area contributed by atoms with Gasteiger partial charge in [0.05, 0.1) is 11.2 Å². The average molecular weight is 341 g/mol. The lowest BCUT2D eigenvalue weighted by Gasteiger charge is -2.18. The minimum Gasteiger partial charge on any atom is -0.487 e. The van der Waals surface area contributed by atoms with Crippen molar-refractivity contribution >= 4 is 16.7 Å². The van der Waals surface area contributed by atoms with E-state index in [4.69, 9.17) is 4.74 Å². The molecular formula is C19H20FN3O2. The summed E-state index contributed by atoms with van der Waals surface area (Å²) in [5.74, 6) is 1.08. The van der Waals surface area contributed by atoms with Gasteiger partial charge in [0, 0.05) is 31.2 Å². The maximum atomic E-state index is 12.5. The summed E-state index contributed by atoms with van der Waals surface area (Å²) in [7, 11) is 3.68. The van der Waals surface area contributed by atoms with Crippen molar-refractivity contribution in [2.45, 2.75) is 6.10 Å². The van der Waals surface area contributed by atoms with Gasteiger partial charge in [-0.1, -0.05) is 24.3 Å². The van der Waals surface area contributed by atoms with Crippen molar-refractivity contribution in [1.82, 2.24) is 9.97 Å². The number of aliphatic hydroxyl groups excluding tert-OH is 1. The summed E-state index contributed by atoms with van der Waals surface area (Å²) >= 11 is 0. The van der Waals surface area contributed by atoms with Gasteiger partial charge >= 0.3 is 0 Å². The van der Waals surface area contributed by atoms with E-state index in [0.29, 0.717) is 11.6 Å². The van der Waals surface area contributed by atoms with E-state index in [-0.39, 0.29) is 6.61 Å². The van der Waals surface area contributed by atoms with Crippen LogP contribution in [0, 0.1) is 0 Å². The number of aliphatic hydroxyl groups is 1. The second-order valence-electron chi connectivity index (χ2n) is 5.95. The van der Waals surface area contributed by atoms with E-state index >= 15 is 0 Å². The molecule has 0 spiro atoms. The SMILES string of the molecule is CN(C)c1ncc(-c2ccc3ccccc3n2)cc1OCC(O)CF. The Morgan fingerprint density at radius 3 is 2.76 bits per heavy atom. The number of hydrogen-bond donors (Lipinski definition) is 1. The molecule has 5 nitrogen and oxygen atoms in total. The Labute approximate surface area is 145 Å². The number of ether oxygens (including phenoxy) is 1. The summed E-state index contributed by atoms with van der Waals surface area (Å²) in [5, 5.41) is 10.5. The zero-order chi connectivity index (χ0) is 17.8. The van der Waals surface area contributed by atoms with E-state index in [9.17, 15) is 9.50 Å². The van der Waals surface area contributed by atoms with E-state index in [2.05, 4.69) is 9.97 Å². The van der Waals surface area contributed by atoms with Gasteiger partial charge in [-0.05, 0) is 18.2 Å². The number of anilines is 1. The van der Waals surface area contributed by atoms with Crippen molar-refractivity contribution in [3.8, 4) is 17.0 Å². The summed E-state index contributed by atoms with van der Waals surface area (Å²) < 4.78 is 18.1. The third kappa shape index (κ3) is 3.85. The van der Waals surface area contributed by atoms with Gasteiger partial charge in [-0.25, -0.2) is 14.4 Å². The predicted octanol–water partition coefficient (Wildman–Crippen LogP) is 3.07. The molecule has 0 aliphatic heterocycles. The van der Waals surface area contributed by atoms with Crippen LogP contribution in [0.2, 0.25) is 0 Å². The second kappa shape index (κ2) is 7.44. The molecule has 1 atom stereocenters. The Bertz CT molecular complexity index is 870. The maximum Gasteiger partial charge on any atom is 0.170 e. The minimum absolute atomic E-state index is 0.131. The molecule has 0 fully saturated rings. The fraction of sp³-hybridized carbons (Fsp3) is 0.263. The molecule has 0 amide bonds. The minimum atomic E-state index is -1.16. The van der Waals surface area contributed by atoms with Crippen LogP contribution in [0.5, 0.6) is 5.75 Å². The lowest BCUT2D eigenvalue weighted by molar-refractivity contribution is 0.0843.